The number of hydrogen-bond acceptors (Lipinski definition) is 2. The van der Waals surface area contributed by atoms with E-state index in [1.165, 1.54) is 17.0 Å². The van der Waals surface area contributed by atoms with E-state index in [2.05, 4.69) is 5.32 Å². The van der Waals surface area contributed by atoms with Gasteiger partial charge in [0, 0.05) is 6.54 Å². The van der Waals surface area contributed by atoms with Gasteiger partial charge in [0.25, 0.3) is 0 Å². The summed E-state index contributed by atoms with van der Waals surface area (Å²) in [5.41, 5.74) is 1.74. The topological polar surface area (TPSA) is 49.4 Å². The van der Waals surface area contributed by atoms with E-state index in [0.717, 1.165) is 11.1 Å². The molecule has 0 aliphatic rings. The molecule has 2 rings (SSSR count). The number of nitrogens with zero attached hydrogens (tertiary/aromatic N) is 1. The molecule has 27 heavy (non-hydrogen) atoms. The van der Waals surface area contributed by atoms with Crippen LogP contribution in [0.1, 0.15) is 50.9 Å². The summed E-state index contributed by atoms with van der Waals surface area (Å²) in [7, 11) is 0. The average molecular weight is 370 g/mol. The highest BCUT2D eigenvalue weighted by molar-refractivity contribution is 6.35. The summed E-state index contributed by atoms with van der Waals surface area (Å²) in [5, 5.41) is 2.87. The molecule has 4 nitrogen and oxygen atoms in total. The van der Waals surface area contributed by atoms with E-state index in [0.29, 0.717) is 6.54 Å². The van der Waals surface area contributed by atoms with Crippen LogP contribution >= 0.6 is 0 Å². The number of carbonyl (C=O) groups is 2. The van der Waals surface area contributed by atoms with Gasteiger partial charge < -0.3 is 10.2 Å². The van der Waals surface area contributed by atoms with Gasteiger partial charge in [0.05, 0.1) is 12.1 Å². The molecule has 0 saturated heterocycles. The van der Waals surface area contributed by atoms with Crippen molar-refractivity contribution < 1.29 is 14.0 Å². The summed E-state index contributed by atoms with van der Waals surface area (Å²) in [6.07, 6.45) is 0. The van der Waals surface area contributed by atoms with E-state index >= 15 is 0 Å². The molecule has 0 heterocycles. The van der Waals surface area contributed by atoms with Gasteiger partial charge in [-0.15, -0.1) is 0 Å². The Morgan fingerprint density at radius 3 is 2.07 bits per heavy atom. The SMILES string of the molecule is CCN(C(=O)C(=O)NC(c1ccccc1)C(C)C)C(C)c1ccc(F)cc1. The summed E-state index contributed by atoms with van der Waals surface area (Å²) in [6.45, 7) is 8.03. The molecule has 0 radical (unpaired) electrons. The molecule has 0 fully saturated rings. The minimum atomic E-state index is -0.631. The number of nitrogens with one attached hydrogen (secondary N) is 1. The number of halogens is 1. The second kappa shape index (κ2) is 9.31. The van der Waals surface area contributed by atoms with E-state index in [-0.39, 0.29) is 23.8 Å². The Balaban J connectivity index is 2.15. The predicted molar refractivity (Wildman–Crippen MR) is 104 cm³/mol. The lowest BCUT2D eigenvalue weighted by atomic mass is 9.96. The summed E-state index contributed by atoms with van der Waals surface area (Å²) in [4.78, 5) is 26.9. The molecule has 0 bridgehead atoms. The lowest BCUT2D eigenvalue weighted by Gasteiger charge is -2.29. The van der Waals surface area contributed by atoms with Crippen LogP contribution < -0.4 is 5.32 Å². The molecule has 0 aliphatic heterocycles. The lowest BCUT2D eigenvalue weighted by Crippen LogP contribution is -2.45. The van der Waals surface area contributed by atoms with Crippen molar-refractivity contribution in [2.24, 2.45) is 5.92 Å². The molecule has 5 heteroatoms. The molecule has 144 valence electrons. The van der Waals surface area contributed by atoms with Gasteiger partial charge in [0.2, 0.25) is 0 Å². The van der Waals surface area contributed by atoms with Gasteiger partial charge in [-0.25, -0.2) is 4.39 Å². The van der Waals surface area contributed by atoms with Crippen LogP contribution in [0.15, 0.2) is 54.6 Å². The number of amides is 2. The van der Waals surface area contributed by atoms with Crippen LogP contribution in [0.4, 0.5) is 4.39 Å². The summed E-state index contributed by atoms with van der Waals surface area (Å²) in [5.74, 6) is -1.42. The van der Waals surface area contributed by atoms with E-state index in [9.17, 15) is 14.0 Å². The van der Waals surface area contributed by atoms with Crippen molar-refractivity contribution in [1.82, 2.24) is 10.2 Å². The molecule has 2 unspecified atom stereocenters. The highest BCUT2D eigenvalue weighted by Crippen LogP contribution is 2.23. The van der Waals surface area contributed by atoms with Crippen molar-refractivity contribution in [1.29, 1.82) is 0 Å². The van der Waals surface area contributed by atoms with Crippen LogP contribution in [0.2, 0.25) is 0 Å². The van der Waals surface area contributed by atoms with Crippen LogP contribution in [0, 0.1) is 11.7 Å². The van der Waals surface area contributed by atoms with Crippen molar-refractivity contribution in [3.05, 3.63) is 71.5 Å². The Labute approximate surface area is 160 Å². The fourth-order valence-electron chi connectivity index (χ4n) is 3.14. The fraction of sp³-hybridized carbons (Fsp3) is 0.364. The van der Waals surface area contributed by atoms with Crippen molar-refractivity contribution in [3.8, 4) is 0 Å². The Hall–Kier alpha value is -2.69. The van der Waals surface area contributed by atoms with E-state index < -0.39 is 11.8 Å². The maximum absolute atomic E-state index is 13.2. The number of rotatable bonds is 6. The number of likely N-dealkylation sites (N-methyl/N-ethyl adjacent to an activating group) is 1. The second-order valence-corrected chi connectivity index (χ2v) is 6.92. The molecule has 0 spiro atoms. The Morgan fingerprint density at radius 2 is 1.56 bits per heavy atom. The summed E-state index contributed by atoms with van der Waals surface area (Å²) >= 11 is 0. The van der Waals surface area contributed by atoms with Gasteiger partial charge in [-0.05, 0) is 43.0 Å². The van der Waals surface area contributed by atoms with Crippen LogP contribution in [0.5, 0.6) is 0 Å². The lowest BCUT2D eigenvalue weighted by molar-refractivity contribution is -0.147. The highest BCUT2D eigenvalue weighted by atomic mass is 19.1. The Kier molecular flexibility index (Phi) is 7.11. The predicted octanol–water partition coefficient (Wildman–Crippen LogP) is 4.25. The van der Waals surface area contributed by atoms with Gasteiger partial charge >= 0.3 is 11.8 Å². The molecular weight excluding hydrogens is 343 g/mol. The first-order chi connectivity index (χ1) is 12.8. The van der Waals surface area contributed by atoms with E-state index in [1.807, 2.05) is 58.0 Å². The smallest absolute Gasteiger partial charge is 0.312 e. The minimum absolute atomic E-state index is 0.133. The third-order valence-electron chi connectivity index (χ3n) is 4.73. The zero-order valence-electron chi connectivity index (χ0n) is 16.3. The summed E-state index contributed by atoms with van der Waals surface area (Å²) in [6, 6.07) is 15.0. The molecule has 2 aromatic rings. The van der Waals surface area contributed by atoms with Crippen LogP contribution in [0.25, 0.3) is 0 Å². The highest BCUT2D eigenvalue weighted by Gasteiger charge is 2.28. The number of benzene rings is 2. The van der Waals surface area contributed by atoms with Gasteiger partial charge in [0.1, 0.15) is 5.82 Å². The van der Waals surface area contributed by atoms with Crippen LogP contribution in [0.3, 0.4) is 0 Å². The minimum Gasteiger partial charge on any atom is -0.341 e. The Morgan fingerprint density at radius 1 is 0.963 bits per heavy atom. The summed E-state index contributed by atoms with van der Waals surface area (Å²) < 4.78 is 13.2. The first kappa shape index (κ1) is 20.6. The monoisotopic (exact) mass is 370 g/mol. The average Bonchev–Trinajstić information content (AvgIpc) is 2.67. The van der Waals surface area contributed by atoms with Gasteiger partial charge in [-0.2, -0.15) is 0 Å². The van der Waals surface area contributed by atoms with Crippen LogP contribution in [-0.4, -0.2) is 23.3 Å². The quantitative estimate of drug-likeness (QED) is 0.773. The first-order valence-electron chi connectivity index (χ1n) is 9.27. The van der Waals surface area contributed by atoms with Gasteiger partial charge in [-0.1, -0.05) is 56.3 Å². The fourth-order valence-corrected chi connectivity index (χ4v) is 3.14. The third kappa shape index (κ3) is 5.16. The number of carbonyl (C=O) groups excluding carboxylic acids is 2. The normalized spacial score (nSPS) is 13.1. The van der Waals surface area contributed by atoms with Crippen molar-refractivity contribution in [3.63, 3.8) is 0 Å². The zero-order valence-corrected chi connectivity index (χ0v) is 16.3. The third-order valence-corrected chi connectivity index (χ3v) is 4.73. The van der Waals surface area contributed by atoms with Crippen molar-refractivity contribution >= 4 is 11.8 Å². The van der Waals surface area contributed by atoms with Gasteiger partial charge in [0.15, 0.2) is 0 Å². The molecular formula is C22H27FN2O2. The van der Waals surface area contributed by atoms with Crippen LogP contribution in [-0.2, 0) is 9.59 Å². The van der Waals surface area contributed by atoms with Gasteiger partial charge in [-0.3, -0.25) is 9.59 Å². The van der Waals surface area contributed by atoms with E-state index in [4.69, 9.17) is 0 Å². The zero-order chi connectivity index (χ0) is 20.0. The molecule has 0 aliphatic carbocycles. The molecule has 0 aromatic heterocycles. The largest absolute Gasteiger partial charge is 0.341 e. The molecule has 2 atom stereocenters. The molecule has 0 saturated carbocycles. The number of hydrogen-bond donors (Lipinski definition) is 1. The molecule has 2 aromatic carbocycles. The van der Waals surface area contributed by atoms with Crippen molar-refractivity contribution in [2.45, 2.75) is 39.8 Å². The maximum Gasteiger partial charge on any atom is 0.312 e. The van der Waals surface area contributed by atoms with E-state index in [1.54, 1.807) is 12.1 Å². The molecule has 2 amide bonds. The first-order valence-corrected chi connectivity index (χ1v) is 9.27. The standard InChI is InChI=1S/C22H27FN2O2/c1-5-25(16(4)17-11-13-19(23)14-12-17)22(27)21(26)24-20(15(2)3)18-9-7-6-8-10-18/h6-16,20H,5H2,1-4H3,(H,24,26). The molecule has 1 N–H and O–H groups in total. The second-order valence-electron chi connectivity index (χ2n) is 6.92. The maximum atomic E-state index is 13.2. The van der Waals surface area contributed by atoms with Crippen molar-refractivity contribution in [2.75, 3.05) is 6.54 Å². The Bertz CT molecular complexity index is 760.